The summed E-state index contributed by atoms with van der Waals surface area (Å²) in [4.78, 5) is 0. The Morgan fingerprint density at radius 1 is 1.58 bits per heavy atom. The number of nitrogens with zero attached hydrogens (tertiary/aromatic N) is 1. The Hall–Kier alpha value is -0.590. The zero-order valence-corrected chi connectivity index (χ0v) is 7.88. The lowest BCUT2D eigenvalue weighted by molar-refractivity contribution is 0.259. The first-order chi connectivity index (χ1) is 5.74. The van der Waals surface area contributed by atoms with Crippen LogP contribution in [0.25, 0.3) is 0 Å². The van der Waals surface area contributed by atoms with Crippen LogP contribution in [0.5, 0.6) is 0 Å². The molecule has 2 N–H and O–H groups in total. The molecule has 0 spiro atoms. The van der Waals surface area contributed by atoms with Crippen molar-refractivity contribution in [3.05, 3.63) is 0 Å². The van der Waals surface area contributed by atoms with Crippen LogP contribution in [0.2, 0.25) is 0 Å². The van der Waals surface area contributed by atoms with E-state index in [0.717, 1.165) is 19.4 Å². The molecular formula is C9H18N2O. The van der Waals surface area contributed by atoms with Crippen molar-refractivity contribution >= 4 is 0 Å². The number of aliphatic hydroxyl groups is 1. The summed E-state index contributed by atoms with van der Waals surface area (Å²) in [6.07, 6.45) is 1.64. The molecule has 0 fully saturated rings. The van der Waals surface area contributed by atoms with Crippen molar-refractivity contribution in [1.82, 2.24) is 5.32 Å². The Kier molecular flexibility index (Phi) is 6.73. The van der Waals surface area contributed by atoms with Crippen LogP contribution in [-0.4, -0.2) is 24.3 Å². The summed E-state index contributed by atoms with van der Waals surface area (Å²) in [5.74, 6) is 0.442. The molecule has 70 valence electrons. The van der Waals surface area contributed by atoms with Gasteiger partial charge in [0.15, 0.2) is 0 Å². The van der Waals surface area contributed by atoms with Gasteiger partial charge in [-0.3, -0.25) is 0 Å². The van der Waals surface area contributed by atoms with Crippen LogP contribution in [0, 0.1) is 17.2 Å². The molecule has 0 rings (SSSR count). The van der Waals surface area contributed by atoms with E-state index in [2.05, 4.69) is 18.3 Å². The third-order valence-electron chi connectivity index (χ3n) is 1.90. The lowest BCUT2D eigenvalue weighted by Crippen LogP contribution is -2.31. The maximum Gasteiger partial charge on any atom is 0.0950 e. The van der Waals surface area contributed by atoms with Crippen LogP contribution < -0.4 is 5.32 Å². The molecule has 0 heterocycles. The third-order valence-corrected chi connectivity index (χ3v) is 1.90. The van der Waals surface area contributed by atoms with Gasteiger partial charge >= 0.3 is 0 Å². The minimum atomic E-state index is -0.0360. The SMILES string of the molecule is CCC(C#N)NCC(C)CCO. The van der Waals surface area contributed by atoms with Gasteiger partial charge in [0, 0.05) is 6.61 Å². The summed E-state index contributed by atoms with van der Waals surface area (Å²) >= 11 is 0. The van der Waals surface area contributed by atoms with E-state index in [0.29, 0.717) is 5.92 Å². The second kappa shape index (κ2) is 7.08. The lowest BCUT2D eigenvalue weighted by atomic mass is 10.1. The summed E-state index contributed by atoms with van der Waals surface area (Å²) in [7, 11) is 0. The Balaban J connectivity index is 3.46. The Bertz CT molecular complexity index is 142. The van der Waals surface area contributed by atoms with Crippen LogP contribution >= 0.6 is 0 Å². The number of nitriles is 1. The Morgan fingerprint density at radius 2 is 2.25 bits per heavy atom. The van der Waals surface area contributed by atoms with Gasteiger partial charge in [0.1, 0.15) is 0 Å². The van der Waals surface area contributed by atoms with Crippen LogP contribution in [0.4, 0.5) is 0 Å². The first-order valence-electron chi connectivity index (χ1n) is 4.48. The molecule has 0 aromatic carbocycles. The van der Waals surface area contributed by atoms with Gasteiger partial charge in [-0.1, -0.05) is 13.8 Å². The Labute approximate surface area is 74.4 Å². The van der Waals surface area contributed by atoms with Gasteiger partial charge in [-0.15, -0.1) is 0 Å². The van der Waals surface area contributed by atoms with Gasteiger partial charge < -0.3 is 10.4 Å². The minimum Gasteiger partial charge on any atom is -0.396 e. The number of aliphatic hydroxyl groups excluding tert-OH is 1. The highest BCUT2D eigenvalue weighted by atomic mass is 16.3. The number of hydrogen-bond acceptors (Lipinski definition) is 3. The molecule has 0 saturated carbocycles. The monoisotopic (exact) mass is 170 g/mol. The zero-order chi connectivity index (χ0) is 9.40. The molecule has 0 aliphatic rings. The van der Waals surface area contributed by atoms with Crippen molar-refractivity contribution in [2.75, 3.05) is 13.2 Å². The van der Waals surface area contributed by atoms with E-state index >= 15 is 0 Å². The number of nitrogens with one attached hydrogen (secondary N) is 1. The summed E-state index contributed by atoms with van der Waals surface area (Å²) in [6, 6.07) is 2.14. The number of hydrogen-bond donors (Lipinski definition) is 2. The summed E-state index contributed by atoms with van der Waals surface area (Å²) in [6.45, 7) is 5.09. The second-order valence-electron chi connectivity index (χ2n) is 3.12. The summed E-state index contributed by atoms with van der Waals surface area (Å²) < 4.78 is 0. The molecule has 0 saturated heterocycles. The van der Waals surface area contributed by atoms with Crippen molar-refractivity contribution in [3.63, 3.8) is 0 Å². The quantitative estimate of drug-likeness (QED) is 0.622. The van der Waals surface area contributed by atoms with Gasteiger partial charge in [-0.25, -0.2) is 0 Å². The van der Waals surface area contributed by atoms with E-state index < -0.39 is 0 Å². The molecule has 3 heteroatoms. The zero-order valence-electron chi connectivity index (χ0n) is 7.88. The maximum atomic E-state index is 8.62. The van der Waals surface area contributed by atoms with Crippen molar-refractivity contribution in [2.45, 2.75) is 32.7 Å². The molecule has 2 atom stereocenters. The first-order valence-corrected chi connectivity index (χ1v) is 4.48. The minimum absolute atomic E-state index is 0.0360. The van der Waals surface area contributed by atoms with Crippen molar-refractivity contribution in [2.24, 2.45) is 5.92 Å². The molecule has 0 radical (unpaired) electrons. The van der Waals surface area contributed by atoms with E-state index in [4.69, 9.17) is 10.4 Å². The first kappa shape index (κ1) is 11.4. The molecule has 0 aromatic heterocycles. The third kappa shape index (κ3) is 5.11. The van der Waals surface area contributed by atoms with Crippen molar-refractivity contribution < 1.29 is 5.11 Å². The summed E-state index contributed by atoms with van der Waals surface area (Å²) in [5, 5.41) is 20.4. The fourth-order valence-corrected chi connectivity index (χ4v) is 0.947. The van der Waals surface area contributed by atoms with Crippen LogP contribution in [0.1, 0.15) is 26.7 Å². The normalized spacial score (nSPS) is 15.2. The highest BCUT2D eigenvalue weighted by molar-refractivity contribution is 4.88. The van der Waals surface area contributed by atoms with E-state index in [-0.39, 0.29) is 12.6 Å². The van der Waals surface area contributed by atoms with Gasteiger partial charge in [0.05, 0.1) is 12.1 Å². The van der Waals surface area contributed by atoms with Crippen LogP contribution in [0.3, 0.4) is 0 Å². The van der Waals surface area contributed by atoms with E-state index in [9.17, 15) is 0 Å². The van der Waals surface area contributed by atoms with Crippen molar-refractivity contribution in [3.8, 4) is 6.07 Å². The summed E-state index contributed by atoms with van der Waals surface area (Å²) in [5.41, 5.74) is 0. The van der Waals surface area contributed by atoms with Crippen molar-refractivity contribution in [1.29, 1.82) is 5.26 Å². The van der Waals surface area contributed by atoms with Crippen LogP contribution in [0.15, 0.2) is 0 Å². The molecule has 0 aliphatic carbocycles. The molecule has 2 unspecified atom stereocenters. The van der Waals surface area contributed by atoms with E-state index in [1.165, 1.54) is 0 Å². The number of rotatable bonds is 6. The topological polar surface area (TPSA) is 56.0 Å². The van der Waals surface area contributed by atoms with Gasteiger partial charge in [-0.05, 0) is 25.3 Å². The second-order valence-corrected chi connectivity index (χ2v) is 3.12. The van der Waals surface area contributed by atoms with Crippen LogP contribution in [-0.2, 0) is 0 Å². The fraction of sp³-hybridized carbons (Fsp3) is 0.889. The van der Waals surface area contributed by atoms with E-state index in [1.807, 2.05) is 6.92 Å². The predicted molar refractivity (Wildman–Crippen MR) is 48.6 cm³/mol. The average molecular weight is 170 g/mol. The average Bonchev–Trinajstić information content (AvgIpc) is 2.07. The maximum absolute atomic E-state index is 8.62. The highest BCUT2D eigenvalue weighted by Crippen LogP contribution is 1.99. The molecular weight excluding hydrogens is 152 g/mol. The van der Waals surface area contributed by atoms with Gasteiger partial charge in [0.25, 0.3) is 0 Å². The lowest BCUT2D eigenvalue weighted by Gasteiger charge is -2.13. The molecule has 12 heavy (non-hydrogen) atoms. The molecule has 0 amide bonds. The van der Waals surface area contributed by atoms with Gasteiger partial charge in [-0.2, -0.15) is 5.26 Å². The molecule has 0 aromatic rings. The molecule has 0 aliphatic heterocycles. The highest BCUT2D eigenvalue weighted by Gasteiger charge is 2.05. The van der Waals surface area contributed by atoms with Gasteiger partial charge in [0.2, 0.25) is 0 Å². The largest absolute Gasteiger partial charge is 0.396 e. The molecule has 3 nitrogen and oxygen atoms in total. The molecule has 0 bridgehead atoms. The fourth-order valence-electron chi connectivity index (χ4n) is 0.947. The van der Waals surface area contributed by atoms with E-state index in [1.54, 1.807) is 0 Å². The smallest absolute Gasteiger partial charge is 0.0950 e. The predicted octanol–water partition coefficient (Wildman–Crippen LogP) is 0.897. The Morgan fingerprint density at radius 3 is 2.67 bits per heavy atom. The standard InChI is InChI=1S/C9H18N2O/c1-3-9(6-10)11-7-8(2)4-5-12/h8-9,11-12H,3-5,7H2,1-2H3.